The van der Waals surface area contributed by atoms with Crippen molar-refractivity contribution in [1.29, 1.82) is 0 Å². The second kappa shape index (κ2) is 9.37. The fourth-order valence-electron chi connectivity index (χ4n) is 0.356. The molecule has 0 aliphatic heterocycles. The van der Waals surface area contributed by atoms with E-state index in [9.17, 15) is 22.8 Å². The van der Waals surface area contributed by atoms with Crippen LogP contribution in [0.15, 0.2) is 24.3 Å². The summed E-state index contributed by atoms with van der Waals surface area (Å²) in [5, 5.41) is 15.7. The van der Waals surface area contributed by atoms with E-state index < -0.39 is 24.5 Å². The van der Waals surface area contributed by atoms with Gasteiger partial charge in [0, 0.05) is 11.6 Å². The Morgan fingerprint density at radius 1 is 1.29 bits per heavy atom. The molecule has 0 radical (unpaired) electrons. The number of hydrogen-bond donors (Lipinski definition) is 2. The van der Waals surface area contributed by atoms with Crippen LogP contribution < -0.4 is 0 Å². The van der Waals surface area contributed by atoms with Crippen molar-refractivity contribution in [2.24, 2.45) is 0 Å². The van der Waals surface area contributed by atoms with E-state index in [0.29, 0.717) is 6.08 Å². The topological polar surface area (TPSA) is 74.6 Å². The Kier molecular flexibility index (Phi) is 11.3. The Morgan fingerprint density at radius 2 is 1.65 bits per heavy atom. The van der Waals surface area contributed by atoms with Crippen molar-refractivity contribution in [3.63, 3.8) is 0 Å². The highest BCUT2D eigenvalue weighted by molar-refractivity contribution is 5.85. The molecular formula is C9H12F4O4. The van der Waals surface area contributed by atoms with Gasteiger partial charge in [-0.15, -0.1) is 0 Å². The summed E-state index contributed by atoms with van der Waals surface area (Å²) in [4.78, 5) is 19.2. The first kappa shape index (κ1) is 20.5. The van der Waals surface area contributed by atoms with Gasteiger partial charge in [0.25, 0.3) is 0 Å². The van der Waals surface area contributed by atoms with Crippen LogP contribution in [0.4, 0.5) is 17.9 Å². The lowest BCUT2D eigenvalue weighted by atomic mass is 10.2. The number of carboxylic acids is 2. The van der Waals surface area contributed by atoms with Gasteiger partial charge in [0.1, 0.15) is 0 Å². The number of carbonyl (C=O) groups is 2. The number of aliphatic carboxylic acids is 2. The molecule has 0 aliphatic rings. The lowest BCUT2D eigenvalue weighted by Gasteiger charge is -2.00. The third kappa shape index (κ3) is 20.3. The summed E-state index contributed by atoms with van der Waals surface area (Å²) in [5.74, 6) is -2.31. The summed E-state index contributed by atoms with van der Waals surface area (Å²) in [5.41, 5.74) is -0.290. The van der Waals surface area contributed by atoms with E-state index in [1.807, 2.05) is 0 Å². The zero-order valence-corrected chi connectivity index (χ0v) is 8.82. The van der Waals surface area contributed by atoms with Crippen molar-refractivity contribution < 1.29 is 37.7 Å². The summed E-state index contributed by atoms with van der Waals surface area (Å²) in [6, 6.07) is 0. The van der Waals surface area contributed by atoms with Gasteiger partial charge in [-0.1, -0.05) is 12.7 Å². The van der Waals surface area contributed by atoms with E-state index in [1.54, 1.807) is 0 Å². The van der Waals surface area contributed by atoms with E-state index >= 15 is 0 Å². The van der Waals surface area contributed by atoms with E-state index in [-0.39, 0.29) is 10.3 Å². The van der Waals surface area contributed by atoms with Crippen LogP contribution in [0.5, 0.6) is 0 Å². The molecule has 0 amide bonds. The molecule has 0 aromatic heterocycles. The van der Waals surface area contributed by atoms with Crippen LogP contribution in [0.25, 0.3) is 0 Å². The highest BCUT2D eigenvalue weighted by Crippen LogP contribution is 2.20. The van der Waals surface area contributed by atoms with E-state index in [4.69, 9.17) is 10.2 Å². The van der Waals surface area contributed by atoms with Gasteiger partial charge in [-0.3, -0.25) is 4.70 Å². The van der Waals surface area contributed by atoms with Gasteiger partial charge in [0.05, 0.1) is 6.42 Å². The molecule has 0 saturated carbocycles. The minimum Gasteiger partial charge on any atom is -0.478 e. The summed E-state index contributed by atoms with van der Waals surface area (Å²) < 4.78 is 34.3. The minimum atomic E-state index is -4.32. The van der Waals surface area contributed by atoms with Gasteiger partial charge >= 0.3 is 18.1 Å². The van der Waals surface area contributed by atoms with Crippen molar-refractivity contribution in [1.82, 2.24) is 0 Å². The summed E-state index contributed by atoms with van der Waals surface area (Å²) >= 11 is 0. The van der Waals surface area contributed by atoms with Crippen LogP contribution in [-0.2, 0) is 9.59 Å². The Hall–Kier alpha value is -1.86. The first-order valence-corrected chi connectivity index (χ1v) is 3.92. The van der Waals surface area contributed by atoms with Crippen LogP contribution in [0, 0.1) is 0 Å². The van der Waals surface area contributed by atoms with Gasteiger partial charge in [-0.2, -0.15) is 13.2 Å². The molecule has 0 aromatic rings. The fourth-order valence-corrected chi connectivity index (χ4v) is 0.356. The van der Waals surface area contributed by atoms with Crippen molar-refractivity contribution in [3.8, 4) is 0 Å². The van der Waals surface area contributed by atoms with E-state index in [2.05, 4.69) is 6.58 Å². The third-order valence-corrected chi connectivity index (χ3v) is 1.15. The number of allylic oxidation sites excluding steroid dienone is 1. The summed E-state index contributed by atoms with van der Waals surface area (Å²) in [6.45, 7) is 4.08. The molecule has 2 N–H and O–H groups in total. The molecular weight excluding hydrogens is 248 g/mol. The molecule has 8 heteroatoms. The maximum absolute atomic E-state index is 11.4. The maximum Gasteiger partial charge on any atom is 0.392 e. The molecule has 0 saturated heterocycles. The molecule has 0 aromatic carbocycles. The minimum absolute atomic E-state index is 0. The monoisotopic (exact) mass is 260 g/mol. The summed E-state index contributed by atoms with van der Waals surface area (Å²) in [7, 11) is 0. The SMILES string of the molecule is C=CC(=O)O.CC(=CCC(F)(F)F)C(=O)O.F. The molecule has 17 heavy (non-hydrogen) atoms. The molecule has 4 nitrogen and oxygen atoms in total. The molecule has 0 unspecified atom stereocenters. The van der Waals surface area contributed by atoms with Crippen LogP contribution in [0.1, 0.15) is 13.3 Å². The predicted octanol–water partition coefficient (Wildman–Crippen LogP) is 2.38. The molecule has 100 valence electrons. The summed E-state index contributed by atoms with van der Waals surface area (Å²) in [6.07, 6.45) is -4.04. The first-order chi connectivity index (χ1) is 7.10. The average molecular weight is 260 g/mol. The fraction of sp³-hybridized carbons (Fsp3) is 0.333. The van der Waals surface area contributed by atoms with E-state index in [0.717, 1.165) is 13.0 Å². The number of hydrogen-bond acceptors (Lipinski definition) is 2. The zero-order chi connectivity index (χ0) is 13.4. The predicted molar refractivity (Wildman–Crippen MR) is 52.4 cm³/mol. The number of rotatable bonds is 3. The number of halogens is 4. The van der Waals surface area contributed by atoms with Gasteiger partial charge in [-0.05, 0) is 6.92 Å². The second-order valence-electron chi connectivity index (χ2n) is 2.55. The molecule has 0 rings (SSSR count). The van der Waals surface area contributed by atoms with Crippen molar-refractivity contribution in [3.05, 3.63) is 24.3 Å². The molecule has 0 atom stereocenters. The van der Waals surface area contributed by atoms with Crippen LogP contribution in [0.2, 0.25) is 0 Å². The molecule has 0 spiro atoms. The molecule has 0 heterocycles. The highest BCUT2D eigenvalue weighted by atomic mass is 19.4. The normalized spacial score (nSPS) is 10.5. The smallest absolute Gasteiger partial charge is 0.392 e. The lowest BCUT2D eigenvalue weighted by molar-refractivity contribution is -0.133. The van der Waals surface area contributed by atoms with Crippen molar-refractivity contribution >= 4 is 11.9 Å². The quantitative estimate of drug-likeness (QED) is 0.603. The zero-order valence-electron chi connectivity index (χ0n) is 8.82. The van der Waals surface area contributed by atoms with Crippen LogP contribution in [-0.4, -0.2) is 28.3 Å². The van der Waals surface area contributed by atoms with Gasteiger partial charge in [0.2, 0.25) is 0 Å². The molecule has 0 fully saturated rings. The lowest BCUT2D eigenvalue weighted by Crippen LogP contribution is -2.06. The Labute approximate surface area is 94.4 Å². The Bertz CT molecular complexity index is 294. The second-order valence-corrected chi connectivity index (χ2v) is 2.55. The largest absolute Gasteiger partial charge is 0.478 e. The Balaban J connectivity index is -0.000000280. The Morgan fingerprint density at radius 3 is 1.82 bits per heavy atom. The number of carboxylic acid groups (broad SMARTS) is 2. The van der Waals surface area contributed by atoms with Gasteiger partial charge in [-0.25, -0.2) is 9.59 Å². The molecule has 0 aliphatic carbocycles. The van der Waals surface area contributed by atoms with Gasteiger partial charge in [0.15, 0.2) is 0 Å². The standard InChI is InChI=1S/C6H7F3O2.C3H4O2.FH/c1-4(5(10)11)2-3-6(7,8)9;1-2-3(4)5;/h2H,3H2,1H3,(H,10,11);2H,1H2,(H,4,5);1H. The van der Waals surface area contributed by atoms with Crippen LogP contribution >= 0.6 is 0 Å². The highest BCUT2D eigenvalue weighted by Gasteiger charge is 2.25. The van der Waals surface area contributed by atoms with Gasteiger partial charge < -0.3 is 10.2 Å². The average Bonchev–Trinajstić information content (AvgIpc) is 2.13. The van der Waals surface area contributed by atoms with E-state index in [1.165, 1.54) is 0 Å². The van der Waals surface area contributed by atoms with Crippen molar-refractivity contribution in [2.45, 2.75) is 19.5 Å². The maximum atomic E-state index is 11.4. The van der Waals surface area contributed by atoms with Crippen LogP contribution in [0.3, 0.4) is 0 Å². The molecule has 0 bridgehead atoms. The third-order valence-electron chi connectivity index (χ3n) is 1.15. The van der Waals surface area contributed by atoms with Crippen molar-refractivity contribution in [2.75, 3.05) is 0 Å². The first-order valence-electron chi connectivity index (χ1n) is 3.92. The number of alkyl halides is 3.